The van der Waals surface area contributed by atoms with E-state index in [1.165, 1.54) is 16.8 Å². The van der Waals surface area contributed by atoms with Gasteiger partial charge in [-0.05, 0) is 70.2 Å². The number of ether oxygens (including phenoxy) is 1. The summed E-state index contributed by atoms with van der Waals surface area (Å²) in [7, 11) is 0. The number of amides is 1. The number of fused-ring (bicyclic) bond motifs is 1. The normalized spacial score (nSPS) is 14.9. The number of aromatic nitrogens is 5. The average molecular weight is 507 g/mol. The molecule has 1 aliphatic rings. The van der Waals surface area contributed by atoms with E-state index in [1.807, 2.05) is 20.8 Å². The lowest BCUT2D eigenvalue weighted by atomic mass is 9.90. The minimum Gasteiger partial charge on any atom is -0.444 e. The molecular formula is C27H31FN6O3. The summed E-state index contributed by atoms with van der Waals surface area (Å²) in [6.45, 7) is 6.65. The van der Waals surface area contributed by atoms with Gasteiger partial charge in [0.15, 0.2) is 0 Å². The van der Waals surface area contributed by atoms with Gasteiger partial charge in [-0.2, -0.15) is 4.68 Å². The van der Waals surface area contributed by atoms with Crippen molar-refractivity contribution in [2.75, 3.05) is 13.1 Å². The topological polar surface area (TPSA) is 109 Å². The number of halogens is 1. The highest BCUT2D eigenvalue weighted by Gasteiger charge is 2.31. The summed E-state index contributed by atoms with van der Waals surface area (Å²) < 4.78 is 20.4. The fourth-order valence-corrected chi connectivity index (χ4v) is 4.76. The minimum absolute atomic E-state index is 0.0712. The van der Waals surface area contributed by atoms with Gasteiger partial charge in [0.05, 0.1) is 17.2 Å². The summed E-state index contributed by atoms with van der Waals surface area (Å²) in [4.78, 5) is 39.7. The third-order valence-electron chi connectivity index (χ3n) is 6.63. The molecule has 4 aromatic rings. The number of benzene rings is 1. The van der Waals surface area contributed by atoms with E-state index in [2.05, 4.69) is 20.1 Å². The van der Waals surface area contributed by atoms with Crippen LogP contribution in [-0.2, 0) is 17.6 Å². The van der Waals surface area contributed by atoms with Crippen molar-refractivity contribution >= 4 is 17.1 Å². The number of carbonyl (C=O) groups excluding carboxylic acids is 1. The van der Waals surface area contributed by atoms with Gasteiger partial charge in [-0.1, -0.05) is 12.1 Å². The molecule has 0 atom stereocenters. The Morgan fingerprint density at radius 2 is 1.86 bits per heavy atom. The van der Waals surface area contributed by atoms with E-state index in [0.29, 0.717) is 55.8 Å². The molecule has 0 aliphatic carbocycles. The number of hydrogen-bond donors (Lipinski definition) is 2. The highest BCUT2D eigenvalue weighted by atomic mass is 19.1. The summed E-state index contributed by atoms with van der Waals surface area (Å²) in [6, 6.07) is 8.13. The molecule has 0 spiro atoms. The summed E-state index contributed by atoms with van der Waals surface area (Å²) in [6.07, 6.45) is 5.51. The molecule has 4 heterocycles. The number of aromatic amines is 2. The van der Waals surface area contributed by atoms with E-state index in [-0.39, 0.29) is 23.4 Å². The molecule has 2 N–H and O–H groups in total. The Kier molecular flexibility index (Phi) is 6.57. The molecule has 10 heteroatoms. The SMILES string of the molecule is CC(C)(C)OC(=O)N1CCC(c2[nH]n(-c3nc4ccncc4[nH]3)c(=O)c2CCc2ccc(F)cc2)CC1. The molecule has 1 saturated heterocycles. The van der Waals surface area contributed by atoms with Crippen molar-refractivity contribution in [1.29, 1.82) is 0 Å². The van der Waals surface area contributed by atoms with Crippen molar-refractivity contribution in [2.24, 2.45) is 0 Å². The van der Waals surface area contributed by atoms with Crippen molar-refractivity contribution in [2.45, 2.75) is 58.0 Å². The Morgan fingerprint density at radius 3 is 2.54 bits per heavy atom. The zero-order valence-corrected chi connectivity index (χ0v) is 21.3. The van der Waals surface area contributed by atoms with Crippen molar-refractivity contribution in [3.63, 3.8) is 0 Å². The van der Waals surface area contributed by atoms with Gasteiger partial charge in [-0.15, -0.1) is 0 Å². The maximum absolute atomic E-state index is 13.6. The molecule has 5 rings (SSSR count). The lowest BCUT2D eigenvalue weighted by molar-refractivity contribution is 0.0204. The third-order valence-corrected chi connectivity index (χ3v) is 6.63. The maximum atomic E-state index is 13.6. The summed E-state index contributed by atoms with van der Waals surface area (Å²) in [5.74, 6) is 0.180. The van der Waals surface area contributed by atoms with E-state index in [9.17, 15) is 14.0 Å². The van der Waals surface area contributed by atoms with Crippen LogP contribution in [0, 0.1) is 5.82 Å². The fraction of sp³-hybridized carbons (Fsp3) is 0.407. The fourth-order valence-electron chi connectivity index (χ4n) is 4.76. The smallest absolute Gasteiger partial charge is 0.410 e. The van der Waals surface area contributed by atoms with Crippen molar-refractivity contribution in [3.8, 4) is 5.95 Å². The number of imidazole rings is 1. The van der Waals surface area contributed by atoms with Gasteiger partial charge in [0, 0.05) is 36.5 Å². The monoisotopic (exact) mass is 506 g/mol. The average Bonchev–Trinajstić information content (AvgIpc) is 3.43. The Balaban J connectivity index is 1.42. The predicted octanol–water partition coefficient (Wildman–Crippen LogP) is 4.48. The standard InChI is InChI=1S/C27H31FN6O3/c1-27(2,3)37-26(36)33-14-11-18(12-15-33)23-20(9-6-17-4-7-19(28)8-5-17)24(35)34(32-23)25-30-21-10-13-29-16-22(21)31-25/h4-5,7-8,10,13,16,18,32H,6,9,11-12,14-15H2,1-3H3,(H,30,31). The zero-order chi connectivity index (χ0) is 26.2. The first-order chi connectivity index (χ1) is 17.7. The molecule has 9 nitrogen and oxygen atoms in total. The van der Waals surface area contributed by atoms with Crippen LogP contribution in [0.15, 0.2) is 47.5 Å². The lowest BCUT2D eigenvalue weighted by Gasteiger charge is -2.33. The van der Waals surface area contributed by atoms with Gasteiger partial charge >= 0.3 is 6.09 Å². The molecule has 0 radical (unpaired) electrons. The first kappa shape index (κ1) is 24.7. The van der Waals surface area contributed by atoms with E-state index in [1.54, 1.807) is 35.5 Å². The zero-order valence-electron chi connectivity index (χ0n) is 21.3. The molecular weight excluding hydrogens is 475 g/mol. The maximum Gasteiger partial charge on any atom is 0.410 e. The molecule has 1 fully saturated rings. The van der Waals surface area contributed by atoms with E-state index >= 15 is 0 Å². The number of piperidine rings is 1. The molecule has 194 valence electrons. The van der Waals surface area contributed by atoms with Crippen molar-refractivity contribution in [1.82, 2.24) is 29.6 Å². The molecule has 0 unspecified atom stereocenters. The Bertz CT molecular complexity index is 1420. The number of nitrogens with zero attached hydrogens (tertiary/aromatic N) is 4. The number of nitrogens with one attached hydrogen (secondary N) is 2. The van der Waals surface area contributed by atoms with E-state index < -0.39 is 5.60 Å². The number of likely N-dealkylation sites (tertiary alicyclic amines) is 1. The van der Waals surface area contributed by atoms with Gasteiger partial charge < -0.3 is 14.6 Å². The van der Waals surface area contributed by atoms with Crippen LogP contribution in [0.3, 0.4) is 0 Å². The van der Waals surface area contributed by atoms with Crippen LogP contribution in [0.1, 0.15) is 56.4 Å². The second-order valence-electron chi connectivity index (χ2n) is 10.5. The minimum atomic E-state index is -0.550. The number of carbonyl (C=O) groups is 1. The molecule has 0 saturated carbocycles. The van der Waals surface area contributed by atoms with Crippen LogP contribution in [0.25, 0.3) is 17.0 Å². The quantitative estimate of drug-likeness (QED) is 0.415. The molecule has 3 aromatic heterocycles. The van der Waals surface area contributed by atoms with Crippen LogP contribution in [0.4, 0.5) is 9.18 Å². The highest BCUT2D eigenvalue weighted by Crippen LogP contribution is 2.30. The lowest BCUT2D eigenvalue weighted by Crippen LogP contribution is -2.41. The second kappa shape index (κ2) is 9.84. The molecule has 37 heavy (non-hydrogen) atoms. The number of pyridine rings is 1. The van der Waals surface area contributed by atoms with Crippen LogP contribution in [-0.4, -0.2) is 54.4 Å². The van der Waals surface area contributed by atoms with Gasteiger partial charge in [-0.3, -0.25) is 14.9 Å². The Morgan fingerprint density at radius 1 is 1.14 bits per heavy atom. The number of rotatable bonds is 5. The number of H-pyrrole nitrogens is 2. The van der Waals surface area contributed by atoms with E-state index in [4.69, 9.17) is 4.74 Å². The van der Waals surface area contributed by atoms with Crippen molar-refractivity contribution in [3.05, 3.63) is 75.7 Å². The Labute approximate surface area is 213 Å². The number of hydrogen-bond acceptors (Lipinski definition) is 5. The Hall–Kier alpha value is -3.95. The van der Waals surface area contributed by atoms with Crippen LogP contribution in [0.2, 0.25) is 0 Å². The van der Waals surface area contributed by atoms with Gasteiger partial charge in [-0.25, -0.2) is 14.2 Å². The molecule has 1 aliphatic heterocycles. The predicted molar refractivity (Wildman–Crippen MR) is 137 cm³/mol. The second-order valence-corrected chi connectivity index (χ2v) is 10.5. The first-order valence-corrected chi connectivity index (χ1v) is 12.5. The first-order valence-electron chi connectivity index (χ1n) is 12.5. The third kappa shape index (κ3) is 5.42. The van der Waals surface area contributed by atoms with Crippen LogP contribution >= 0.6 is 0 Å². The molecule has 1 aromatic carbocycles. The van der Waals surface area contributed by atoms with Crippen LogP contribution < -0.4 is 5.56 Å². The van der Waals surface area contributed by atoms with E-state index in [0.717, 1.165) is 16.8 Å². The highest BCUT2D eigenvalue weighted by molar-refractivity contribution is 5.74. The van der Waals surface area contributed by atoms with Crippen LogP contribution in [0.5, 0.6) is 0 Å². The summed E-state index contributed by atoms with van der Waals surface area (Å²) >= 11 is 0. The van der Waals surface area contributed by atoms with Gasteiger partial charge in [0.2, 0.25) is 5.95 Å². The molecule has 1 amide bonds. The van der Waals surface area contributed by atoms with Gasteiger partial charge in [0.25, 0.3) is 5.56 Å². The largest absolute Gasteiger partial charge is 0.444 e. The molecule has 0 bridgehead atoms. The number of aryl methyl sites for hydroxylation is 1. The summed E-state index contributed by atoms with van der Waals surface area (Å²) in [5, 5.41) is 3.32. The van der Waals surface area contributed by atoms with Gasteiger partial charge in [0.1, 0.15) is 11.4 Å². The summed E-state index contributed by atoms with van der Waals surface area (Å²) in [5.41, 5.74) is 3.22. The van der Waals surface area contributed by atoms with Crippen molar-refractivity contribution < 1.29 is 13.9 Å².